The first-order chi connectivity index (χ1) is 12.8. The molecule has 4 heteroatoms. The second-order valence-corrected chi connectivity index (χ2v) is 7.25. The number of nitrogens with zero attached hydrogens (tertiary/aromatic N) is 2. The van der Waals surface area contributed by atoms with Gasteiger partial charge in [-0.05, 0) is 30.7 Å². The van der Waals surface area contributed by atoms with E-state index in [-0.39, 0.29) is 0 Å². The predicted octanol–water partition coefficient (Wildman–Crippen LogP) is 6.16. The third-order valence-corrected chi connectivity index (χ3v) is 4.58. The summed E-state index contributed by atoms with van der Waals surface area (Å²) >= 11 is 3.41. The van der Waals surface area contributed by atoms with Gasteiger partial charge in [-0.3, -0.25) is 0 Å². The topological polar surface area (TPSA) is 35.0 Å². The summed E-state index contributed by atoms with van der Waals surface area (Å²) < 4.78 is 6.65. The Morgan fingerprint density at radius 2 is 1.38 bits per heavy atom. The molecule has 0 amide bonds. The lowest BCUT2D eigenvalue weighted by atomic mass is 10.1. The van der Waals surface area contributed by atoms with Gasteiger partial charge in [0.1, 0.15) is 0 Å². The molecule has 0 bridgehead atoms. The van der Waals surface area contributed by atoms with Gasteiger partial charge >= 0.3 is 6.01 Å². The van der Waals surface area contributed by atoms with Crippen LogP contribution in [-0.4, -0.2) is 16.6 Å². The zero-order chi connectivity index (χ0) is 18.5. The summed E-state index contributed by atoms with van der Waals surface area (Å²) in [6.45, 7) is 2.93. The van der Waals surface area contributed by atoms with Crippen LogP contribution in [0.4, 0.5) is 0 Å². The molecule has 0 saturated heterocycles. The monoisotopic (exact) mass is 414 g/mol. The van der Waals surface area contributed by atoms with Crippen LogP contribution in [0.25, 0.3) is 0 Å². The van der Waals surface area contributed by atoms with Crippen LogP contribution in [0, 0.1) is 11.8 Å². The van der Waals surface area contributed by atoms with Crippen LogP contribution >= 0.6 is 15.9 Å². The number of aromatic nitrogens is 2. The fourth-order valence-corrected chi connectivity index (χ4v) is 2.80. The van der Waals surface area contributed by atoms with Gasteiger partial charge in [0.15, 0.2) is 0 Å². The zero-order valence-electron chi connectivity index (χ0n) is 15.5. The lowest BCUT2D eigenvalue weighted by Gasteiger charge is -2.04. The van der Waals surface area contributed by atoms with Gasteiger partial charge in [0.2, 0.25) is 0 Å². The molecule has 2 rings (SSSR count). The van der Waals surface area contributed by atoms with Crippen LogP contribution in [0.2, 0.25) is 0 Å². The molecule has 0 radical (unpaired) electrons. The number of ether oxygens (including phenoxy) is 1. The van der Waals surface area contributed by atoms with Gasteiger partial charge in [0.25, 0.3) is 0 Å². The van der Waals surface area contributed by atoms with E-state index in [0.29, 0.717) is 12.6 Å². The number of rotatable bonds is 10. The molecular weight excluding hydrogens is 388 g/mol. The number of hydrogen-bond acceptors (Lipinski definition) is 3. The van der Waals surface area contributed by atoms with Crippen LogP contribution in [0.1, 0.15) is 69.4 Å². The Balaban J connectivity index is 1.64. The Kier molecular flexibility index (Phi) is 9.82. The van der Waals surface area contributed by atoms with E-state index in [4.69, 9.17) is 4.74 Å². The highest BCUT2D eigenvalue weighted by atomic mass is 79.9. The van der Waals surface area contributed by atoms with Crippen LogP contribution in [0.5, 0.6) is 6.01 Å². The van der Waals surface area contributed by atoms with Gasteiger partial charge in [-0.2, -0.15) is 0 Å². The summed E-state index contributed by atoms with van der Waals surface area (Å²) in [7, 11) is 0. The van der Waals surface area contributed by atoms with Crippen LogP contribution in [-0.2, 0) is 0 Å². The summed E-state index contributed by atoms with van der Waals surface area (Å²) in [6, 6.07) is 8.33. The minimum Gasteiger partial charge on any atom is -0.463 e. The highest BCUT2D eigenvalue weighted by Gasteiger charge is 1.98. The van der Waals surface area contributed by atoms with E-state index in [2.05, 4.69) is 44.7 Å². The van der Waals surface area contributed by atoms with Gasteiger partial charge < -0.3 is 4.74 Å². The third kappa shape index (κ3) is 8.49. The number of hydrogen-bond donors (Lipinski definition) is 0. The third-order valence-electron chi connectivity index (χ3n) is 4.05. The van der Waals surface area contributed by atoms with Crippen molar-refractivity contribution in [3.63, 3.8) is 0 Å². The molecular formula is C22H27BrN2O. The van der Waals surface area contributed by atoms with Gasteiger partial charge in [-0.1, -0.05) is 79.6 Å². The average molecular weight is 415 g/mol. The highest BCUT2D eigenvalue weighted by Crippen LogP contribution is 2.11. The summed E-state index contributed by atoms with van der Waals surface area (Å²) in [4.78, 5) is 8.46. The Morgan fingerprint density at radius 1 is 0.808 bits per heavy atom. The van der Waals surface area contributed by atoms with Crippen molar-refractivity contribution in [2.24, 2.45) is 0 Å². The minimum absolute atomic E-state index is 0.433. The van der Waals surface area contributed by atoms with Crippen molar-refractivity contribution in [3.8, 4) is 17.9 Å². The van der Waals surface area contributed by atoms with Crippen molar-refractivity contribution in [1.82, 2.24) is 9.97 Å². The van der Waals surface area contributed by atoms with Gasteiger partial charge in [-0.25, -0.2) is 9.97 Å². The molecule has 0 aliphatic heterocycles. The molecule has 0 aliphatic carbocycles. The highest BCUT2D eigenvalue weighted by molar-refractivity contribution is 9.10. The molecule has 2 aromatic rings. The summed E-state index contributed by atoms with van der Waals surface area (Å²) in [5.74, 6) is 6.17. The minimum atomic E-state index is 0.433. The number of benzene rings is 1. The van der Waals surface area contributed by atoms with Crippen molar-refractivity contribution in [1.29, 1.82) is 0 Å². The van der Waals surface area contributed by atoms with E-state index >= 15 is 0 Å². The van der Waals surface area contributed by atoms with E-state index in [9.17, 15) is 0 Å². The van der Waals surface area contributed by atoms with Crippen molar-refractivity contribution >= 4 is 15.9 Å². The van der Waals surface area contributed by atoms with Gasteiger partial charge in [-0.15, -0.1) is 0 Å². The van der Waals surface area contributed by atoms with Crippen molar-refractivity contribution in [3.05, 3.63) is 52.3 Å². The largest absolute Gasteiger partial charge is 0.463 e. The van der Waals surface area contributed by atoms with E-state index in [0.717, 1.165) is 22.0 Å². The molecule has 0 atom stereocenters. The number of unbranched alkanes of at least 4 members (excludes halogenated alkanes) is 7. The lowest BCUT2D eigenvalue weighted by molar-refractivity contribution is 0.281. The molecule has 0 spiro atoms. The molecule has 1 aromatic carbocycles. The maximum atomic E-state index is 5.61. The molecule has 0 fully saturated rings. The maximum Gasteiger partial charge on any atom is 0.316 e. The van der Waals surface area contributed by atoms with E-state index in [1.54, 1.807) is 12.4 Å². The molecule has 0 aliphatic rings. The molecule has 0 unspecified atom stereocenters. The zero-order valence-corrected chi connectivity index (χ0v) is 17.1. The average Bonchev–Trinajstić information content (AvgIpc) is 2.67. The van der Waals surface area contributed by atoms with Gasteiger partial charge in [0, 0.05) is 22.4 Å². The smallest absolute Gasteiger partial charge is 0.316 e. The van der Waals surface area contributed by atoms with Crippen molar-refractivity contribution < 1.29 is 4.74 Å². The van der Waals surface area contributed by atoms with Crippen molar-refractivity contribution in [2.45, 2.75) is 58.3 Å². The molecule has 1 aromatic heterocycles. The Bertz CT molecular complexity index is 687. The van der Waals surface area contributed by atoms with Crippen LogP contribution in [0.15, 0.2) is 41.1 Å². The number of halogens is 1. The van der Waals surface area contributed by atoms with Crippen LogP contribution < -0.4 is 4.74 Å². The maximum absolute atomic E-state index is 5.61. The second-order valence-electron chi connectivity index (χ2n) is 6.33. The fraction of sp³-hybridized carbons (Fsp3) is 0.455. The summed E-state index contributed by atoms with van der Waals surface area (Å²) in [5.41, 5.74) is 1.75. The summed E-state index contributed by atoms with van der Waals surface area (Å²) in [5, 5.41) is 0. The molecule has 0 saturated carbocycles. The second kappa shape index (κ2) is 12.5. The van der Waals surface area contributed by atoms with E-state index < -0.39 is 0 Å². The summed E-state index contributed by atoms with van der Waals surface area (Å²) in [6.07, 6.45) is 13.7. The first-order valence-corrected chi connectivity index (χ1v) is 10.3. The molecule has 3 nitrogen and oxygen atoms in total. The normalized spacial score (nSPS) is 10.2. The first-order valence-electron chi connectivity index (χ1n) is 9.50. The molecule has 0 N–H and O–H groups in total. The molecule has 26 heavy (non-hydrogen) atoms. The molecule has 1 heterocycles. The predicted molar refractivity (Wildman–Crippen MR) is 110 cm³/mol. The van der Waals surface area contributed by atoms with Crippen LogP contribution in [0.3, 0.4) is 0 Å². The standard InChI is InChI=1S/C22H27BrN2O/c1-2-3-4-5-6-7-8-9-16-26-22-24-17-20(18-25-22)11-10-19-12-14-21(23)15-13-19/h12-15,17-18H,2-9,16H2,1H3. The molecule has 138 valence electrons. The van der Waals surface area contributed by atoms with Crippen molar-refractivity contribution in [2.75, 3.05) is 6.61 Å². The quantitative estimate of drug-likeness (QED) is 0.344. The lowest BCUT2D eigenvalue weighted by Crippen LogP contribution is -2.01. The van der Waals surface area contributed by atoms with E-state index in [1.165, 1.54) is 44.9 Å². The van der Waals surface area contributed by atoms with Gasteiger partial charge in [0.05, 0.1) is 12.2 Å². The fourth-order valence-electron chi connectivity index (χ4n) is 2.53. The Hall–Kier alpha value is -1.86. The SMILES string of the molecule is CCCCCCCCCCOc1ncc(C#Cc2ccc(Br)cc2)cn1. The van der Waals surface area contributed by atoms with E-state index in [1.807, 2.05) is 24.3 Å². The Labute approximate surface area is 165 Å². The first kappa shape index (κ1) is 20.5. The Morgan fingerprint density at radius 3 is 2.04 bits per heavy atom.